The molecule has 0 bridgehead atoms. The highest BCUT2D eigenvalue weighted by molar-refractivity contribution is 5.84. The molecular formula is C18H19F3N4O2. The van der Waals surface area contributed by atoms with E-state index in [1.54, 1.807) is 18.2 Å². The summed E-state index contributed by atoms with van der Waals surface area (Å²) >= 11 is 0. The molecule has 27 heavy (non-hydrogen) atoms. The predicted molar refractivity (Wildman–Crippen MR) is 94.6 cm³/mol. The van der Waals surface area contributed by atoms with E-state index in [-0.39, 0.29) is 12.2 Å². The Kier molecular flexibility index (Phi) is 5.11. The van der Waals surface area contributed by atoms with Gasteiger partial charge in [0.1, 0.15) is 17.7 Å². The van der Waals surface area contributed by atoms with Gasteiger partial charge in [-0.1, -0.05) is 6.58 Å². The molecule has 3 rings (SSSR count). The molecule has 9 heteroatoms. The zero-order valence-electron chi connectivity index (χ0n) is 14.4. The molecule has 1 amide bonds. The van der Waals surface area contributed by atoms with Crippen molar-refractivity contribution in [3.8, 4) is 0 Å². The fourth-order valence-electron chi connectivity index (χ4n) is 3.28. The number of dihydropyridines is 1. The lowest BCUT2D eigenvalue weighted by Gasteiger charge is -2.40. The van der Waals surface area contributed by atoms with E-state index in [2.05, 4.69) is 22.2 Å². The third-order valence-electron chi connectivity index (χ3n) is 4.43. The minimum Gasteiger partial charge on any atom is -0.465 e. The maximum Gasteiger partial charge on any atom is 0.410 e. The van der Waals surface area contributed by atoms with E-state index >= 15 is 0 Å². The second kappa shape index (κ2) is 7.34. The van der Waals surface area contributed by atoms with Crippen LogP contribution in [0.15, 0.2) is 48.6 Å². The number of likely N-dealkylation sites (tertiary alicyclic amines) is 1. The van der Waals surface area contributed by atoms with Crippen molar-refractivity contribution in [1.82, 2.24) is 15.2 Å². The van der Waals surface area contributed by atoms with Crippen LogP contribution in [-0.4, -0.2) is 39.8 Å². The first-order valence-corrected chi connectivity index (χ1v) is 8.43. The average molecular weight is 380 g/mol. The number of carboxylic acid groups (broad SMARTS) is 1. The molecule has 0 spiro atoms. The van der Waals surface area contributed by atoms with Crippen molar-refractivity contribution in [3.05, 3.63) is 54.1 Å². The Morgan fingerprint density at radius 3 is 2.85 bits per heavy atom. The van der Waals surface area contributed by atoms with Crippen LogP contribution in [0.2, 0.25) is 0 Å². The molecule has 0 saturated carbocycles. The predicted octanol–water partition coefficient (Wildman–Crippen LogP) is 3.93. The lowest BCUT2D eigenvalue weighted by atomic mass is 9.99. The first-order valence-electron chi connectivity index (χ1n) is 8.43. The highest BCUT2D eigenvalue weighted by Crippen LogP contribution is 2.35. The van der Waals surface area contributed by atoms with Crippen molar-refractivity contribution in [1.29, 1.82) is 0 Å². The molecule has 1 fully saturated rings. The number of piperidine rings is 1. The molecule has 3 N–H and O–H groups in total. The summed E-state index contributed by atoms with van der Waals surface area (Å²) in [5, 5.41) is 13.9. The largest absolute Gasteiger partial charge is 0.465 e. The Morgan fingerprint density at radius 2 is 2.15 bits per heavy atom. The van der Waals surface area contributed by atoms with E-state index < -0.39 is 18.3 Å². The molecule has 2 aliphatic heterocycles. The second-order valence-electron chi connectivity index (χ2n) is 6.39. The molecule has 1 aromatic heterocycles. The van der Waals surface area contributed by atoms with Crippen LogP contribution in [0.3, 0.4) is 0 Å². The summed E-state index contributed by atoms with van der Waals surface area (Å²) in [6.45, 7) is 4.13. The lowest BCUT2D eigenvalue weighted by molar-refractivity contribution is -0.186. The highest BCUT2D eigenvalue weighted by Gasteiger charge is 2.45. The molecule has 0 aromatic carbocycles. The highest BCUT2D eigenvalue weighted by atomic mass is 19.4. The van der Waals surface area contributed by atoms with E-state index in [4.69, 9.17) is 5.11 Å². The van der Waals surface area contributed by atoms with Crippen molar-refractivity contribution >= 4 is 17.5 Å². The van der Waals surface area contributed by atoms with Crippen molar-refractivity contribution in [2.24, 2.45) is 0 Å². The number of pyridine rings is 1. The van der Waals surface area contributed by atoms with E-state index in [0.29, 0.717) is 42.0 Å². The topological polar surface area (TPSA) is 77.5 Å². The molecule has 3 heterocycles. The van der Waals surface area contributed by atoms with E-state index in [9.17, 15) is 18.0 Å². The van der Waals surface area contributed by atoms with E-state index in [0.717, 1.165) is 0 Å². The van der Waals surface area contributed by atoms with Gasteiger partial charge in [0.15, 0.2) is 0 Å². The van der Waals surface area contributed by atoms with Crippen LogP contribution in [0.25, 0.3) is 5.57 Å². The minimum absolute atomic E-state index is 0.0516. The summed E-state index contributed by atoms with van der Waals surface area (Å²) < 4.78 is 40.3. The number of alkyl halides is 3. The van der Waals surface area contributed by atoms with Crippen LogP contribution in [0.4, 0.5) is 23.8 Å². The Labute approximate surface area is 154 Å². The second-order valence-corrected chi connectivity index (χ2v) is 6.39. The molecular weight excluding hydrogens is 361 g/mol. The van der Waals surface area contributed by atoms with Gasteiger partial charge in [0.05, 0.1) is 0 Å². The van der Waals surface area contributed by atoms with Gasteiger partial charge < -0.3 is 15.3 Å². The van der Waals surface area contributed by atoms with Crippen LogP contribution in [0, 0.1) is 0 Å². The summed E-state index contributed by atoms with van der Waals surface area (Å²) in [7, 11) is 0. The maximum atomic E-state index is 13.4. The molecule has 6 nitrogen and oxygen atoms in total. The summed E-state index contributed by atoms with van der Waals surface area (Å²) in [5.74, 6) is 0.468. The van der Waals surface area contributed by atoms with Gasteiger partial charge >= 0.3 is 12.3 Å². The van der Waals surface area contributed by atoms with Gasteiger partial charge in [-0.2, -0.15) is 13.2 Å². The first-order chi connectivity index (χ1) is 12.7. The van der Waals surface area contributed by atoms with Crippen molar-refractivity contribution in [2.45, 2.75) is 31.5 Å². The number of aromatic nitrogens is 1. The Balaban J connectivity index is 1.92. The molecule has 0 radical (unpaired) electrons. The van der Waals surface area contributed by atoms with Crippen LogP contribution < -0.4 is 10.6 Å². The Morgan fingerprint density at radius 1 is 1.37 bits per heavy atom. The SMILES string of the molecule is C=C1C=C(c2ccnc(NC(=O)O)c2)C=C(N2CCCCC2C(F)(F)F)N1. The van der Waals surface area contributed by atoms with Crippen molar-refractivity contribution in [2.75, 3.05) is 11.9 Å². The van der Waals surface area contributed by atoms with E-state index in [1.165, 1.54) is 17.2 Å². The van der Waals surface area contributed by atoms with Crippen LogP contribution in [0.1, 0.15) is 24.8 Å². The van der Waals surface area contributed by atoms with Gasteiger partial charge in [0, 0.05) is 18.4 Å². The fraction of sp³-hybridized carbons (Fsp3) is 0.333. The summed E-state index contributed by atoms with van der Waals surface area (Å²) in [6.07, 6.45) is 0.441. The molecule has 1 unspecified atom stereocenters. The number of nitrogens with zero attached hydrogens (tertiary/aromatic N) is 2. The normalized spacial score (nSPS) is 20.5. The lowest BCUT2D eigenvalue weighted by Crippen LogP contribution is -2.50. The van der Waals surface area contributed by atoms with Crippen molar-refractivity contribution in [3.63, 3.8) is 0 Å². The third kappa shape index (κ3) is 4.42. The number of rotatable bonds is 3. The first kappa shape index (κ1) is 18.8. The van der Waals surface area contributed by atoms with Gasteiger partial charge in [0.2, 0.25) is 0 Å². The zero-order chi connectivity index (χ0) is 19.6. The standard InChI is InChI=1S/C18H19F3N4O2/c1-11-8-13(12-5-6-22-15(9-12)24-17(26)27)10-16(23-11)25-7-3-2-4-14(25)18(19,20)21/h5-6,8-10,14,23H,1-4,7H2,(H,22,24)(H,26,27). The molecule has 0 aliphatic carbocycles. The number of hydrogen-bond donors (Lipinski definition) is 3. The van der Waals surface area contributed by atoms with E-state index in [1.807, 2.05) is 0 Å². The molecule has 1 atom stereocenters. The number of anilines is 1. The van der Waals surface area contributed by atoms with Crippen LogP contribution >= 0.6 is 0 Å². The molecule has 2 aliphatic rings. The maximum absolute atomic E-state index is 13.4. The summed E-state index contributed by atoms with van der Waals surface area (Å²) in [4.78, 5) is 16.0. The van der Waals surface area contributed by atoms with Gasteiger partial charge in [-0.05, 0) is 54.7 Å². The number of carbonyl (C=O) groups is 1. The van der Waals surface area contributed by atoms with Crippen LogP contribution in [-0.2, 0) is 0 Å². The number of allylic oxidation sites excluding steroid dienone is 3. The zero-order valence-corrected chi connectivity index (χ0v) is 14.4. The molecule has 1 aromatic rings. The molecule has 144 valence electrons. The Bertz CT molecular complexity index is 817. The smallest absolute Gasteiger partial charge is 0.410 e. The van der Waals surface area contributed by atoms with Crippen LogP contribution in [0.5, 0.6) is 0 Å². The summed E-state index contributed by atoms with van der Waals surface area (Å²) in [5.41, 5.74) is 1.70. The quantitative estimate of drug-likeness (QED) is 0.741. The van der Waals surface area contributed by atoms with Gasteiger partial charge in [-0.15, -0.1) is 0 Å². The average Bonchev–Trinajstić information content (AvgIpc) is 2.60. The third-order valence-corrected chi connectivity index (χ3v) is 4.43. The molecule has 1 saturated heterocycles. The summed E-state index contributed by atoms with van der Waals surface area (Å²) in [6, 6.07) is 1.63. The number of nitrogens with one attached hydrogen (secondary N) is 2. The number of hydrogen-bond acceptors (Lipinski definition) is 4. The fourth-order valence-corrected chi connectivity index (χ4v) is 3.28. The van der Waals surface area contributed by atoms with Gasteiger partial charge in [-0.25, -0.2) is 9.78 Å². The number of halogens is 3. The van der Waals surface area contributed by atoms with Gasteiger partial charge in [-0.3, -0.25) is 5.32 Å². The minimum atomic E-state index is -4.32. The Hall–Kier alpha value is -2.97. The monoisotopic (exact) mass is 380 g/mol. The van der Waals surface area contributed by atoms with Crippen molar-refractivity contribution < 1.29 is 23.1 Å². The number of amides is 1. The van der Waals surface area contributed by atoms with Gasteiger partial charge in [0.25, 0.3) is 0 Å².